The van der Waals surface area contributed by atoms with Crippen LogP contribution < -0.4 is 0 Å². The van der Waals surface area contributed by atoms with E-state index in [0.29, 0.717) is 0 Å². The van der Waals surface area contributed by atoms with Crippen LogP contribution in [0.25, 0.3) is 0 Å². The first-order chi connectivity index (χ1) is 10.6. The van der Waals surface area contributed by atoms with Crippen LogP contribution in [-0.2, 0) is 11.3 Å². The second-order valence-electron chi connectivity index (χ2n) is 6.84. The SMILES string of the molecule is CC[C@H]1C[C@@H](O)CC2(CCN(CCn3cnnc3C)CC2)O1. The van der Waals surface area contributed by atoms with E-state index < -0.39 is 0 Å². The van der Waals surface area contributed by atoms with E-state index in [4.69, 9.17) is 4.74 Å². The van der Waals surface area contributed by atoms with Crippen LogP contribution in [0.2, 0.25) is 0 Å². The number of rotatable bonds is 4. The van der Waals surface area contributed by atoms with Crippen LogP contribution in [0, 0.1) is 6.92 Å². The van der Waals surface area contributed by atoms with Crippen molar-refractivity contribution >= 4 is 0 Å². The quantitative estimate of drug-likeness (QED) is 0.910. The van der Waals surface area contributed by atoms with Crippen LogP contribution in [0.1, 0.15) is 44.9 Å². The van der Waals surface area contributed by atoms with Gasteiger partial charge in [-0.3, -0.25) is 0 Å². The molecule has 1 aromatic rings. The first-order valence-corrected chi connectivity index (χ1v) is 8.53. The number of aliphatic hydroxyl groups is 1. The molecule has 2 aliphatic heterocycles. The number of nitrogens with zero attached hydrogens (tertiary/aromatic N) is 4. The molecular weight excluding hydrogens is 280 g/mol. The molecule has 1 spiro atoms. The van der Waals surface area contributed by atoms with E-state index in [1.165, 1.54) is 0 Å². The zero-order valence-corrected chi connectivity index (χ0v) is 13.7. The van der Waals surface area contributed by atoms with E-state index in [2.05, 4.69) is 26.6 Å². The minimum absolute atomic E-state index is 0.0820. The lowest BCUT2D eigenvalue weighted by molar-refractivity contribution is -0.182. The molecule has 2 atom stereocenters. The van der Waals surface area contributed by atoms with Crippen molar-refractivity contribution in [2.75, 3.05) is 19.6 Å². The molecule has 2 saturated heterocycles. The van der Waals surface area contributed by atoms with Crippen molar-refractivity contribution < 1.29 is 9.84 Å². The van der Waals surface area contributed by atoms with Gasteiger partial charge in [-0.15, -0.1) is 10.2 Å². The molecule has 0 amide bonds. The molecule has 6 heteroatoms. The Kier molecular flexibility index (Phi) is 4.80. The Balaban J connectivity index is 1.50. The maximum Gasteiger partial charge on any atom is 0.129 e. The molecule has 0 aromatic carbocycles. The topological polar surface area (TPSA) is 63.4 Å². The van der Waals surface area contributed by atoms with E-state index >= 15 is 0 Å². The van der Waals surface area contributed by atoms with Gasteiger partial charge in [-0.25, -0.2) is 0 Å². The summed E-state index contributed by atoms with van der Waals surface area (Å²) < 4.78 is 8.44. The van der Waals surface area contributed by atoms with E-state index in [-0.39, 0.29) is 17.8 Å². The summed E-state index contributed by atoms with van der Waals surface area (Å²) in [6.07, 6.45) is 6.50. The third kappa shape index (κ3) is 3.50. The van der Waals surface area contributed by atoms with Gasteiger partial charge in [0.15, 0.2) is 0 Å². The fourth-order valence-corrected chi connectivity index (χ4v) is 3.80. The second kappa shape index (κ2) is 6.64. The summed E-state index contributed by atoms with van der Waals surface area (Å²) in [6, 6.07) is 0. The highest BCUT2D eigenvalue weighted by molar-refractivity contribution is 4.94. The summed E-state index contributed by atoms with van der Waals surface area (Å²) in [5.74, 6) is 0.970. The Bertz CT molecular complexity index is 482. The Hall–Kier alpha value is -0.980. The average molecular weight is 308 g/mol. The summed E-state index contributed by atoms with van der Waals surface area (Å²) in [5, 5.41) is 18.1. The highest BCUT2D eigenvalue weighted by Gasteiger charge is 2.42. The molecule has 0 radical (unpaired) electrons. The molecule has 22 heavy (non-hydrogen) atoms. The summed E-state index contributed by atoms with van der Waals surface area (Å²) >= 11 is 0. The van der Waals surface area contributed by atoms with E-state index in [9.17, 15) is 5.11 Å². The Labute approximate surface area is 132 Å². The molecule has 2 fully saturated rings. The smallest absolute Gasteiger partial charge is 0.129 e. The number of hydrogen-bond acceptors (Lipinski definition) is 5. The first-order valence-electron chi connectivity index (χ1n) is 8.53. The van der Waals surface area contributed by atoms with Crippen molar-refractivity contribution in [1.29, 1.82) is 0 Å². The normalized spacial score (nSPS) is 29.0. The van der Waals surface area contributed by atoms with E-state index in [0.717, 1.165) is 64.1 Å². The third-order valence-corrected chi connectivity index (χ3v) is 5.25. The summed E-state index contributed by atoms with van der Waals surface area (Å²) in [7, 11) is 0. The molecule has 1 N–H and O–H groups in total. The molecule has 3 rings (SSSR count). The van der Waals surface area contributed by atoms with Gasteiger partial charge in [-0.2, -0.15) is 0 Å². The number of aliphatic hydroxyl groups excluding tert-OH is 1. The number of ether oxygens (including phenoxy) is 1. The van der Waals surface area contributed by atoms with Gasteiger partial charge in [0, 0.05) is 32.6 Å². The van der Waals surface area contributed by atoms with Crippen molar-refractivity contribution in [3.8, 4) is 0 Å². The molecule has 2 aliphatic rings. The number of aryl methyl sites for hydroxylation is 1. The van der Waals surface area contributed by atoms with Crippen LogP contribution in [0.5, 0.6) is 0 Å². The standard InChI is InChI=1S/C16H28N4O2/c1-3-15-10-14(21)11-16(22-15)4-6-19(7-5-16)8-9-20-12-17-18-13(20)2/h12,14-15,21H,3-11H2,1-2H3/t14-,15+/m1/s1. The van der Waals surface area contributed by atoms with Crippen LogP contribution in [-0.4, -0.2) is 62.2 Å². The zero-order chi connectivity index (χ0) is 15.6. The molecule has 0 bridgehead atoms. The summed E-state index contributed by atoms with van der Waals surface area (Å²) in [5.41, 5.74) is -0.0820. The average Bonchev–Trinajstić information content (AvgIpc) is 2.91. The molecule has 3 heterocycles. The third-order valence-electron chi connectivity index (χ3n) is 5.25. The lowest BCUT2D eigenvalue weighted by atomic mass is 9.81. The van der Waals surface area contributed by atoms with E-state index in [1.54, 1.807) is 6.33 Å². The predicted molar refractivity (Wildman–Crippen MR) is 83.6 cm³/mol. The van der Waals surface area contributed by atoms with Gasteiger partial charge in [-0.05, 0) is 32.6 Å². The highest BCUT2D eigenvalue weighted by Crippen LogP contribution is 2.38. The summed E-state index contributed by atoms with van der Waals surface area (Å²) in [6.45, 7) is 8.18. The molecule has 1 aromatic heterocycles. The lowest BCUT2D eigenvalue weighted by Gasteiger charge is -2.48. The van der Waals surface area contributed by atoms with Gasteiger partial charge in [0.05, 0.1) is 17.8 Å². The van der Waals surface area contributed by atoms with Gasteiger partial charge in [0.25, 0.3) is 0 Å². The fourth-order valence-electron chi connectivity index (χ4n) is 3.80. The Morgan fingerprint density at radius 1 is 1.36 bits per heavy atom. The second-order valence-corrected chi connectivity index (χ2v) is 6.84. The largest absolute Gasteiger partial charge is 0.393 e. The van der Waals surface area contributed by atoms with Gasteiger partial charge in [-0.1, -0.05) is 6.92 Å². The first kappa shape index (κ1) is 15.9. The van der Waals surface area contributed by atoms with Crippen molar-refractivity contribution in [3.63, 3.8) is 0 Å². The molecule has 0 unspecified atom stereocenters. The van der Waals surface area contributed by atoms with Crippen molar-refractivity contribution in [3.05, 3.63) is 12.2 Å². The number of hydrogen-bond donors (Lipinski definition) is 1. The van der Waals surface area contributed by atoms with Crippen molar-refractivity contribution in [2.45, 2.75) is 70.3 Å². The maximum absolute atomic E-state index is 10.1. The summed E-state index contributed by atoms with van der Waals surface area (Å²) in [4.78, 5) is 2.48. The molecule has 0 aliphatic carbocycles. The highest BCUT2D eigenvalue weighted by atomic mass is 16.5. The van der Waals surface area contributed by atoms with Crippen molar-refractivity contribution in [2.24, 2.45) is 0 Å². The minimum Gasteiger partial charge on any atom is -0.393 e. The van der Waals surface area contributed by atoms with Gasteiger partial charge >= 0.3 is 0 Å². The van der Waals surface area contributed by atoms with Crippen molar-refractivity contribution in [1.82, 2.24) is 19.7 Å². The minimum atomic E-state index is -0.190. The van der Waals surface area contributed by atoms with Crippen LogP contribution in [0.3, 0.4) is 0 Å². The molecular formula is C16H28N4O2. The Morgan fingerprint density at radius 3 is 2.77 bits per heavy atom. The lowest BCUT2D eigenvalue weighted by Crippen LogP contribution is -2.53. The number of likely N-dealkylation sites (tertiary alicyclic amines) is 1. The van der Waals surface area contributed by atoms with Crippen LogP contribution >= 0.6 is 0 Å². The monoisotopic (exact) mass is 308 g/mol. The van der Waals surface area contributed by atoms with Gasteiger partial charge in [0.2, 0.25) is 0 Å². The van der Waals surface area contributed by atoms with Gasteiger partial charge in [0.1, 0.15) is 12.2 Å². The van der Waals surface area contributed by atoms with E-state index in [1.807, 2.05) is 6.92 Å². The molecule has 0 saturated carbocycles. The van der Waals surface area contributed by atoms with Gasteiger partial charge < -0.3 is 19.3 Å². The zero-order valence-electron chi connectivity index (χ0n) is 13.7. The van der Waals surface area contributed by atoms with Crippen LogP contribution in [0.4, 0.5) is 0 Å². The predicted octanol–water partition coefficient (Wildman–Crippen LogP) is 1.37. The maximum atomic E-state index is 10.1. The number of aromatic nitrogens is 3. The van der Waals surface area contributed by atoms with Crippen LogP contribution in [0.15, 0.2) is 6.33 Å². The fraction of sp³-hybridized carbons (Fsp3) is 0.875. The molecule has 124 valence electrons. The molecule has 6 nitrogen and oxygen atoms in total. The number of piperidine rings is 1. The Morgan fingerprint density at radius 2 is 2.14 bits per heavy atom.